The Labute approximate surface area is 242 Å². The van der Waals surface area contributed by atoms with Crippen LogP contribution in [0.3, 0.4) is 0 Å². The van der Waals surface area contributed by atoms with Gasteiger partial charge in [0, 0.05) is 15.6 Å². The molecule has 2 N–H and O–H groups in total. The van der Waals surface area contributed by atoms with Crippen molar-refractivity contribution in [2.45, 2.75) is 6.92 Å². The van der Waals surface area contributed by atoms with Crippen molar-refractivity contribution >= 4 is 58.0 Å². The lowest BCUT2D eigenvalue weighted by Crippen LogP contribution is -2.54. The highest BCUT2D eigenvalue weighted by atomic mass is 35.5. The van der Waals surface area contributed by atoms with E-state index < -0.39 is 17.4 Å². The third-order valence-corrected chi connectivity index (χ3v) is 6.78. The number of amidine groups is 1. The lowest BCUT2D eigenvalue weighted by molar-refractivity contribution is -0.120. The molecule has 2 aromatic heterocycles. The second kappa shape index (κ2) is 10.5. The zero-order valence-electron chi connectivity index (χ0n) is 21.3. The van der Waals surface area contributed by atoms with Gasteiger partial charge in [0.1, 0.15) is 11.1 Å². The average molecular weight is 584 g/mol. The first-order valence-corrected chi connectivity index (χ1v) is 13.1. The molecule has 1 aliphatic heterocycles. The number of hydrazine groups is 1. The number of H-pyrrole nitrogens is 1. The van der Waals surface area contributed by atoms with Crippen LogP contribution in [0.15, 0.2) is 94.3 Å². The number of rotatable bonds is 4. The van der Waals surface area contributed by atoms with Crippen molar-refractivity contribution in [3.05, 3.63) is 128 Å². The predicted molar refractivity (Wildman–Crippen MR) is 156 cm³/mol. The summed E-state index contributed by atoms with van der Waals surface area (Å²) in [6.07, 6.45) is 1.57. The molecule has 0 saturated carbocycles. The normalized spacial score (nSPS) is 14.3. The standard InChI is InChI=1S/C29H19Cl2N7O3/c1-16-23-26(37(35-16)21-5-3-2-4-6-21)33-24(34-28(23)40)29(41)38-25(18-9-13-20(31)14-10-18)32-22(27(39)36-38)15-17-7-11-19(30)12-8-17/h2-15H,1H3,(H,36,39)(H,33,34,40)/b22-15-. The molecule has 0 unspecified atom stereocenters. The van der Waals surface area contributed by atoms with Crippen LogP contribution in [0.2, 0.25) is 10.0 Å². The summed E-state index contributed by atoms with van der Waals surface area (Å²) in [4.78, 5) is 51.6. The molecule has 0 aliphatic carbocycles. The van der Waals surface area contributed by atoms with E-state index in [0.717, 1.165) is 5.01 Å². The molecule has 12 heteroatoms. The second-order valence-corrected chi connectivity index (χ2v) is 9.92. The average Bonchev–Trinajstić information content (AvgIpc) is 3.32. The molecule has 0 fully saturated rings. The van der Waals surface area contributed by atoms with Gasteiger partial charge in [0.05, 0.1) is 11.4 Å². The monoisotopic (exact) mass is 583 g/mol. The van der Waals surface area contributed by atoms with Crippen LogP contribution in [0.1, 0.15) is 27.4 Å². The van der Waals surface area contributed by atoms with Crippen molar-refractivity contribution < 1.29 is 9.59 Å². The number of aromatic nitrogens is 4. The van der Waals surface area contributed by atoms with Crippen LogP contribution in [0, 0.1) is 6.92 Å². The van der Waals surface area contributed by atoms with Gasteiger partial charge in [0.15, 0.2) is 11.5 Å². The molecule has 41 heavy (non-hydrogen) atoms. The highest BCUT2D eigenvalue weighted by Crippen LogP contribution is 2.22. The Bertz CT molecular complexity index is 1950. The van der Waals surface area contributed by atoms with Gasteiger partial charge < -0.3 is 4.98 Å². The number of amides is 2. The van der Waals surface area contributed by atoms with E-state index in [1.165, 1.54) is 4.68 Å². The fourth-order valence-corrected chi connectivity index (χ4v) is 4.58. The van der Waals surface area contributed by atoms with Crippen LogP contribution in [0.5, 0.6) is 0 Å². The topological polar surface area (TPSA) is 125 Å². The predicted octanol–water partition coefficient (Wildman–Crippen LogP) is 4.70. The molecule has 5 aromatic rings. The first kappa shape index (κ1) is 26.2. The molecule has 202 valence electrons. The molecule has 3 aromatic carbocycles. The summed E-state index contributed by atoms with van der Waals surface area (Å²) < 4.78 is 1.49. The number of carbonyl (C=O) groups excluding carboxylic acids is 2. The van der Waals surface area contributed by atoms with Gasteiger partial charge in [0.25, 0.3) is 11.5 Å². The maximum absolute atomic E-state index is 13.9. The summed E-state index contributed by atoms with van der Waals surface area (Å²) in [6.45, 7) is 1.69. The van der Waals surface area contributed by atoms with Crippen molar-refractivity contribution in [1.29, 1.82) is 0 Å². The molecule has 0 spiro atoms. The third kappa shape index (κ3) is 5.02. The summed E-state index contributed by atoms with van der Waals surface area (Å²) in [5, 5.41) is 6.67. The van der Waals surface area contributed by atoms with Gasteiger partial charge >= 0.3 is 5.91 Å². The largest absolute Gasteiger partial charge is 0.314 e. The fraction of sp³-hybridized carbons (Fsp3) is 0.0345. The van der Waals surface area contributed by atoms with E-state index in [2.05, 4.69) is 25.5 Å². The van der Waals surface area contributed by atoms with Crippen molar-refractivity contribution in [1.82, 2.24) is 30.2 Å². The molecule has 6 rings (SSSR count). The van der Waals surface area contributed by atoms with E-state index in [4.69, 9.17) is 23.2 Å². The van der Waals surface area contributed by atoms with Gasteiger partial charge in [-0.1, -0.05) is 53.5 Å². The quantitative estimate of drug-likeness (QED) is 0.297. The first-order valence-electron chi connectivity index (χ1n) is 12.3. The van der Waals surface area contributed by atoms with Crippen LogP contribution in [-0.4, -0.2) is 42.4 Å². The van der Waals surface area contributed by atoms with E-state index in [1.54, 1.807) is 73.7 Å². The number of benzene rings is 3. The molecule has 3 heterocycles. The van der Waals surface area contributed by atoms with Crippen molar-refractivity contribution in [3.63, 3.8) is 0 Å². The van der Waals surface area contributed by atoms with E-state index in [1.807, 2.05) is 18.2 Å². The van der Waals surface area contributed by atoms with Crippen LogP contribution >= 0.6 is 23.2 Å². The smallest absolute Gasteiger partial charge is 0.302 e. The Morgan fingerprint density at radius 1 is 0.902 bits per heavy atom. The Balaban J connectivity index is 1.47. The number of fused-ring (bicyclic) bond motifs is 1. The molecule has 2 amide bonds. The van der Waals surface area contributed by atoms with Crippen molar-refractivity contribution in [2.24, 2.45) is 4.99 Å². The molecule has 1 aliphatic rings. The molecule has 0 radical (unpaired) electrons. The highest BCUT2D eigenvalue weighted by molar-refractivity contribution is 6.31. The zero-order valence-corrected chi connectivity index (χ0v) is 22.8. The molecular formula is C29H19Cl2N7O3. The SMILES string of the molecule is Cc1nn(-c2ccccc2)c2nc(C(=O)N3NC(=O)/C(=C/c4ccc(Cl)cc4)N=C3c3ccc(Cl)cc3)[nH]c(=O)c12. The van der Waals surface area contributed by atoms with Gasteiger partial charge in [-0.25, -0.2) is 14.7 Å². The lowest BCUT2D eigenvalue weighted by atomic mass is 10.1. The maximum Gasteiger partial charge on any atom is 0.314 e. The van der Waals surface area contributed by atoms with Gasteiger partial charge in [0.2, 0.25) is 5.82 Å². The maximum atomic E-state index is 13.9. The van der Waals surface area contributed by atoms with Gasteiger partial charge in [-0.05, 0) is 67.1 Å². The molecule has 0 atom stereocenters. The Kier molecular flexibility index (Phi) is 6.70. The number of halogens is 2. The minimum absolute atomic E-state index is 0.0519. The number of hydrogen-bond acceptors (Lipinski definition) is 6. The first-order chi connectivity index (χ1) is 19.8. The third-order valence-electron chi connectivity index (χ3n) is 6.28. The number of aliphatic imine (C=N–C) groups is 1. The van der Waals surface area contributed by atoms with Crippen LogP contribution in [0.4, 0.5) is 0 Å². The number of hydrogen-bond donors (Lipinski definition) is 2. The number of aryl methyl sites for hydroxylation is 1. The van der Waals surface area contributed by atoms with Gasteiger partial charge in [-0.2, -0.15) is 10.1 Å². The summed E-state index contributed by atoms with van der Waals surface area (Å²) in [5.74, 6) is -1.66. The highest BCUT2D eigenvalue weighted by Gasteiger charge is 2.32. The number of aromatic amines is 1. The van der Waals surface area contributed by atoms with Crippen LogP contribution in [-0.2, 0) is 4.79 Å². The van der Waals surface area contributed by atoms with E-state index >= 15 is 0 Å². The van der Waals surface area contributed by atoms with Crippen LogP contribution < -0.4 is 11.0 Å². The molecule has 0 bridgehead atoms. The number of para-hydroxylation sites is 1. The summed E-state index contributed by atoms with van der Waals surface area (Å²) in [5.41, 5.74) is 4.55. The van der Waals surface area contributed by atoms with Crippen LogP contribution in [0.25, 0.3) is 22.8 Å². The zero-order chi connectivity index (χ0) is 28.7. The van der Waals surface area contributed by atoms with Crippen molar-refractivity contribution in [2.75, 3.05) is 0 Å². The summed E-state index contributed by atoms with van der Waals surface area (Å²) in [6, 6.07) is 22.5. The molecular weight excluding hydrogens is 565 g/mol. The number of nitrogens with zero attached hydrogens (tertiary/aromatic N) is 5. The van der Waals surface area contributed by atoms with Gasteiger partial charge in [-0.15, -0.1) is 0 Å². The Morgan fingerprint density at radius 2 is 1.56 bits per heavy atom. The van der Waals surface area contributed by atoms with Gasteiger partial charge in [-0.3, -0.25) is 19.8 Å². The summed E-state index contributed by atoms with van der Waals surface area (Å²) >= 11 is 12.1. The molecule has 0 saturated heterocycles. The Hall–Kier alpha value is -5.06. The minimum Gasteiger partial charge on any atom is -0.302 e. The van der Waals surface area contributed by atoms with E-state index in [0.29, 0.717) is 32.6 Å². The fourth-order valence-electron chi connectivity index (χ4n) is 4.33. The lowest BCUT2D eigenvalue weighted by Gasteiger charge is -2.28. The summed E-state index contributed by atoms with van der Waals surface area (Å²) in [7, 11) is 0. The Morgan fingerprint density at radius 3 is 2.24 bits per heavy atom. The minimum atomic E-state index is -0.810. The van der Waals surface area contributed by atoms with E-state index in [9.17, 15) is 14.4 Å². The van der Waals surface area contributed by atoms with Crippen molar-refractivity contribution in [3.8, 4) is 5.69 Å². The second-order valence-electron chi connectivity index (χ2n) is 9.05. The van der Waals surface area contributed by atoms with E-state index in [-0.39, 0.29) is 28.4 Å². The number of carbonyl (C=O) groups is 2. The molecule has 10 nitrogen and oxygen atoms in total. The number of nitrogens with one attached hydrogen (secondary N) is 2.